The van der Waals surface area contributed by atoms with Crippen molar-refractivity contribution in [2.75, 3.05) is 25.0 Å². The predicted octanol–water partition coefficient (Wildman–Crippen LogP) is 2.88. The molecular weight excluding hydrogens is 304 g/mol. The number of hydrogen-bond acceptors (Lipinski definition) is 5. The molecule has 1 aliphatic heterocycles. The largest absolute Gasteiger partial charge is 0.444 e. The van der Waals surface area contributed by atoms with E-state index in [1.54, 1.807) is 4.90 Å². The zero-order chi connectivity index (χ0) is 16.5. The lowest BCUT2D eigenvalue weighted by Crippen LogP contribution is -2.39. The molecule has 0 aliphatic carbocycles. The molecule has 1 aromatic rings. The summed E-state index contributed by atoms with van der Waals surface area (Å²) in [6, 6.07) is 2.08. The number of hydrogen-bond donors (Lipinski definition) is 0. The molecule has 2 rings (SSSR count). The van der Waals surface area contributed by atoms with Gasteiger partial charge in [-0.2, -0.15) is 0 Å². The molecule has 0 bridgehead atoms. The molecule has 0 aromatic carbocycles. The van der Waals surface area contributed by atoms with Gasteiger partial charge in [-0.15, -0.1) is 0 Å². The highest BCUT2D eigenvalue weighted by Gasteiger charge is 2.32. The van der Waals surface area contributed by atoms with Crippen LogP contribution in [0.1, 0.15) is 32.9 Å². The number of nitrogens with zero attached hydrogens (tertiary/aromatic N) is 4. The molecular formula is C15H23ClN4O2. The van der Waals surface area contributed by atoms with E-state index in [1.807, 2.05) is 45.7 Å². The number of anilines is 1. The molecule has 0 saturated carbocycles. The molecule has 2 heterocycles. The van der Waals surface area contributed by atoms with Gasteiger partial charge in [0, 0.05) is 37.9 Å². The Morgan fingerprint density at radius 2 is 2.14 bits per heavy atom. The topological polar surface area (TPSA) is 58.6 Å². The van der Waals surface area contributed by atoms with Crippen LogP contribution in [0.4, 0.5) is 10.6 Å². The second kappa shape index (κ2) is 6.28. The minimum absolute atomic E-state index is 0.192. The second-order valence-corrected chi connectivity index (χ2v) is 6.95. The van der Waals surface area contributed by atoms with Crippen LogP contribution in [0.5, 0.6) is 0 Å². The Bertz CT molecular complexity index is 539. The van der Waals surface area contributed by atoms with E-state index in [-0.39, 0.29) is 17.4 Å². The number of carbonyl (C=O) groups excluding carboxylic acids is 1. The Labute approximate surface area is 136 Å². The van der Waals surface area contributed by atoms with Crippen molar-refractivity contribution in [2.45, 2.75) is 45.8 Å². The summed E-state index contributed by atoms with van der Waals surface area (Å²) in [5.74, 6) is 0.772. The van der Waals surface area contributed by atoms with Gasteiger partial charge in [0.05, 0.1) is 0 Å². The first-order chi connectivity index (χ1) is 10.2. The number of aryl methyl sites for hydroxylation is 1. The monoisotopic (exact) mass is 326 g/mol. The highest BCUT2D eigenvalue weighted by molar-refractivity contribution is 6.28. The number of likely N-dealkylation sites (tertiary alicyclic amines) is 1. The van der Waals surface area contributed by atoms with Crippen molar-refractivity contribution in [1.82, 2.24) is 14.9 Å². The van der Waals surface area contributed by atoms with Gasteiger partial charge in [-0.1, -0.05) is 0 Å². The van der Waals surface area contributed by atoms with Crippen LogP contribution in [-0.2, 0) is 4.74 Å². The third kappa shape index (κ3) is 4.22. The van der Waals surface area contributed by atoms with Crippen LogP contribution in [0.15, 0.2) is 6.07 Å². The number of halogens is 1. The standard InChI is InChI=1S/C15H23ClN4O2/c1-10-8-12(18-13(16)17-10)19(5)11-6-7-20(9-11)14(21)22-15(2,3)4/h8,11H,6-7,9H2,1-5H3/t11-/m1/s1. The first-order valence-electron chi connectivity index (χ1n) is 7.37. The number of carbonyl (C=O) groups is 1. The lowest BCUT2D eigenvalue weighted by atomic mass is 10.2. The maximum Gasteiger partial charge on any atom is 0.410 e. The first kappa shape index (κ1) is 16.8. The molecule has 0 spiro atoms. The van der Waals surface area contributed by atoms with E-state index in [4.69, 9.17) is 16.3 Å². The normalized spacial score (nSPS) is 18.5. The average Bonchev–Trinajstić information content (AvgIpc) is 2.84. The summed E-state index contributed by atoms with van der Waals surface area (Å²) in [4.78, 5) is 24.2. The molecule has 6 nitrogen and oxygen atoms in total. The highest BCUT2D eigenvalue weighted by Crippen LogP contribution is 2.23. The van der Waals surface area contributed by atoms with Gasteiger partial charge in [0.15, 0.2) is 0 Å². The quantitative estimate of drug-likeness (QED) is 0.782. The van der Waals surface area contributed by atoms with E-state index in [0.29, 0.717) is 13.1 Å². The summed E-state index contributed by atoms with van der Waals surface area (Å²) in [7, 11) is 1.96. The Morgan fingerprint density at radius 1 is 1.45 bits per heavy atom. The van der Waals surface area contributed by atoms with Crippen LogP contribution in [0, 0.1) is 6.92 Å². The van der Waals surface area contributed by atoms with Crippen molar-refractivity contribution in [2.24, 2.45) is 0 Å². The zero-order valence-corrected chi connectivity index (χ0v) is 14.5. The van der Waals surface area contributed by atoms with Crippen molar-refractivity contribution in [3.63, 3.8) is 0 Å². The van der Waals surface area contributed by atoms with Crippen molar-refractivity contribution < 1.29 is 9.53 Å². The summed E-state index contributed by atoms with van der Waals surface area (Å²) < 4.78 is 5.42. The number of ether oxygens (including phenoxy) is 1. The van der Waals surface area contributed by atoms with Gasteiger partial charge in [-0.25, -0.2) is 14.8 Å². The molecule has 1 saturated heterocycles. The van der Waals surface area contributed by atoms with Gasteiger partial charge < -0.3 is 14.5 Å². The molecule has 1 amide bonds. The number of amides is 1. The molecule has 1 fully saturated rings. The molecule has 1 aromatic heterocycles. The van der Waals surface area contributed by atoms with Gasteiger partial charge >= 0.3 is 6.09 Å². The van der Waals surface area contributed by atoms with E-state index in [9.17, 15) is 4.79 Å². The Morgan fingerprint density at radius 3 is 2.73 bits per heavy atom. The highest BCUT2D eigenvalue weighted by atomic mass is 35.5. The van der Waals surface area contributed by atoms with E-state index >= 15 is 0 Å². The molecule has 0 N–H and O–H groups in total. The minimum atomic E-state index is -0.474. The molecule has 1 atom stereocenters. The van der Waals surface area contributed by atoms with Gasteiger partial charge in [-0.05, 0) is 45.7 Å². The molecule has 1 aliphatic rings. The fourth-order valence-corrected chi connectivity index (χ4v) is 2.65. The Balaban J connectivity index is 2.02. The fraction of sp³-hybridized carbons (Fsp3) is 0.667. The van der Waals surface area contributed by atoms with Crippen molar-refractivity contribution in [1.29, 1.82) is 0 Å². The van der Waals surface area contributed by atoms with Crippen LogP contribution >= 0.6 is 11.6 Å². The predicted molar refractivity (Wildman–Crippen MR) is 86.4 cm³/mol. The Hall–Kier alpha value is -1.56. The lowest BCUT2D eigenvalue weighted by molar-refractivity contribution is 0.0292. The second-order valence-electron chi connectivity index (χ2n) is 6.62. The molecule has 7 heteroatoms. The van der Waals surface area contributed by atoms with E-state index in [2.05, 4.69) is 9.97 Å². The summed E-state index contributed by atoms with van der Waals surface area (Å²) in [6.07, 6.45) is 0.608. The Kier molecular flexibility index (Phi) is 4.80. The fourth-order valence-electron chi connectivity index (χ4n) is 2.43. The number of rotatable bonds is 2. The van der Waals surface area contributed by atoms with Crippen LogP contribution in [0.2, 0.25) is 5.28 Å². The summed E-state index contributed by atoms with van der Waals surface area (Å²) in [6.45, 7) is 8.79. The zero-order valence-electron chi connectivity index (χ0n) is 13.8. The lowest BCUT2D eigenvalue weighted by Gasteiger charge is -2.27. The van der Waals surface area contributed by atoms with Gasteiger partial charge in [0.2, 0.25) is 5.28 Å². The summed E-state index contributed by atoms with van der Waals surface area (Å²) in [5, 5.41) is 0.240. The van der Waals surface area contributed by atoms with Crippen molar-refractivity contribution >= 4 is 23.5 Å². The molecule has 22 heavy (non-hydrogen) atoms. The summed E-state index contributed by atoms with van der Waals surface area (Å²) in [5.41, 5.74) is 0.349. The van der Waals surface area contributed by atoms with Crippen molar-refractivity contribution in [3.8, 4) is 0 Å². The van der Waals surface area contributed by atoms with Crippen LogP contribution in [0.25, 0.3) is 0 Å². The maximum absolute atomic E-state index is 12.1. The number of aromatic nitrogens is 2. The van der Waals surface area contributed by atoms with Crippen LogP contribution in [-0.4, -0.2) is 52.7 Å². The van der Waals surface area contributed by atoms with E-state index in [0.717, 1.165) is 17.9 Å². The van der Waals surface area contributed by atoms with Gasteiger partial charge in [0.25, 0.3) is 0 Å². The third-order valence-corrected chi connectivity index (χ3v) is 3.71. The number of likely N-dealkylation sites (N-methyl/N-ethyl adjacent to an activating group) is 1. The minimum Gasteiger partial charge on any atom is -0.444 e. The summed E-state index contributed by atoms with van der Waals surface area (Å²) >= 11 is 5.92. The van der Waals surface area contributed by atoms with Gasteiger partial charge in [0.1, 0.15) is 11.4 Å². The van der Waals surface area contributed by atoms with Crippen LogP contribution in [0.3, 0.4) is 0 Å². The SMILES string of the molecule is Cc1cc(N(C)[C@@H]2CCN(C(=O)OC(C)(C)C)C2)nc(Cl)n1. The third-order valence-electron chi connectivity index (χ3n) is 3.54. The first-order valence-corrected chi connectivity index (χ1v) is 7.75. The smallest absolute Gasteiger partial charge is 0.410 e. The molecule has 0 unspecified atom stereocenters. The van der Waals surface area contributed by atoms with E-state index in [1.165, 1.54) is 0 Å². The molecule has 122 valence electrons. The maximum atomic E-state index is 12.1. The average molecular weight is 327 g/mol. The molecule has 0 radical (unpaired) electrons. The van der Waals surface area contributed by atoms with Crippen LogP contribution < -0.4 is 4.90 Å². The van der Waals surface area contributed by atoms with Crippen molar-refractivity contribution in [3.05, 3.63) is 17.0 Å². The van der Waals surface area contributed by atoms with Gasteiger partial charge in [-0.3, -0.25) is 0 Å². The van der Waals surface area contributed by atoms with E-state index < -0.39 is 5.60 Å².